The molecule has 0 fully saturated rings. The number of aryl methyl sites for hydroxylation is 1. The van der Waals surface area contributed by atoms with Gasteiger partial charge in [0, 0.05) is 39.2 Å². The highest BCUT2D eigenvalue weighted by Crippen LogP contribution is 2.61. The highest BCUT2D eigenvalue weighted by atomic mass is 16.5. The molecular formula is C31H26O5. The maximum Gasteiger partial charge on any atom is 0.335 e. The second-order valence-corrected chi connectivity index (χ2v) is 9.83. The van der Waals surface area contributed by atoms with Gasteiger partial charge in [-0.15, -0.1) is 0 Å². The summed E-state index contributed by atoms with van der Waals surface area (Å²) in [5.74, 6) is 1.49. The summed E-state index contributed by atoms with van der Waals surface area (Å²) in [6.45, 7) is 5.96. The molecule has 5 heteroatoms. The lowest BCUT2D eigenvalue weighted by Gasteiger charge is -2.46. The minimum Gasteiger partial charge on any atom is -0.478 e. The number of ether oxygens (including phenoxy) is 2. The molecule has 5 nitrogen and oxygen atoms in total. The van der Waals surface area contributed by atoms with Crippen LogP contribution in [0.25, 0.3) is 0 Å². The van der Waals surface area contributed by atoms with Gasteiger partial charge >= 0.3 is 5.97 Å². The molecular weight excluding hydrogens is 452 g/mol. The predicted molar refractivity (Wildman–Crippen MR) is 137 cm³/mol. The summed E-state index contributed by atoms with van der Waals surface area (Å²) in [4.78, 5) is 12.0. The van der Waals surface area contributed by atoms with Gasteiger partial charge in [-0.2, -0.15) is 0 Å². The third kappa shape index (κ3) is 3.16. The van der Waals surface area contributed by atoms with Crippen LogP contribution in [0.15, 0.2) is 78.9 Å². The minimum absolute atomic E-state index is 0.209. The number of fused-ring (bicyclic) bond motifs is 4. The van der Waals surface area contributed by atoms with E-state index < -0.39 is 17.5 Å². The minimum atomic E-state index is -0.985. The number of rotatable bonds is 3. The monoisotopic (exact) mass is 478 g/mol. The summed E-state index contributed by atoms with van der Waals surface area (Å²) < 4.78 is 12.7. The number of hydrogen-bond acceptors (Lipinski definition) is 4. The van der Waals surface area contributed by atoms with Gasteiger partial charge in [-0.1, -0.05) is 61.0 Å². The molecule has 6 rings (SSSR count). The number of aliphatic hydroxyl groups excluding tert-OH is 1. The fourth-order valence-corrected chi connectivity index (χ4v) is 5.85. The van der Waals surface area contributed by atoms with E-state index in [1.165, 1.54) is 0 Å². The molecule has 2 N–H and O–H groups in total. The first-order chi connectivity index (χ1) is 17.3. The first-order valence-corrected chi connectivity index (χ1v) is 12.0. The lowest BCUT2D eigenvalue weighted by molar-refractivity contribution is 0.0696. The number of benzene rings is 4. The molecule has 2 heterocycles. The molecule has 0 radical (unpaired) electrons. The Morgan fingerprint density at radius 1 is 0.861 bits per heavy atom. The number of hydrogen-bond donors (Lipinski definition) is 2. The van der Waals surface area contributed by atoms with Crippen molar-refractivity contribution in [1.29, 1.82) is 0 Å². The fraction of sp³-hybridized carbons (Fsp3) is 0.194. The molecule has 0 amide bonds. The van der Waals surface area contributed by atoms with Crippen molar-refractivity contribution in [3.63, 3.8) is 0 Å². The van der Waals surface area contributed by atoms with E-state index in [2.05, 4.69) is 19.1 Å². The Labute approximate surface area is 209 Å². The van der Waals surface area contributed by atoms with E-state index in [0.717, 1.165) is 39.3 Å². The number of aliphatic hydroxyl groups is 1. The maximum atomic E-state index is 12.0. The summed E-state index contributed by atoms with van der Waals surface area (Å²) in [7, 11) is 0. The van der Waals surface area contributed by atoms with Crippen LogP contribution in [0.4, 0.5) is 0 Å². The summed E-state index contributed by atoms with van der Waals surface area (Å²) in [5, 5.41) is 20.4. The molecule has 2 aliphatic rings. The Balaban J connectivity index is 1.73. The van der Waals surface area contributed by atoms with Gasteiger partial charge in [0.25, 0.3) is 0 Å². The van der Waals surface area contributed by atoms with Crippen molar-refractivity contribution in [3.8, 4) is 23.0 Å². The van der Waals surface area contributed by atoms with Crippen molar-refractivity contribution >= 4 is 5.97 Å². The zero-order valence-corrected chi connectivity index (χ0v) is 20.3. The van der Waals surface area contributed by atoms with Crippen LogP contribution in [-0.2, 0) is 5.41 Å². The SMILES string of the molecule is Cc1ccc2c(c1)C(C1(C)c3ccccc3Oc3c(C(C)O)cccc31)c1cc(C(=O)O)ccc1O2. The van der Waals surface area contributed by atoms with E-state index in [-0.39, 0.29) is 11.5 Å². The summed E-state index contributed by atoms with van der Waals surface area (Å²) in [5.41, 5.74) is 5.06. The average Bonchev–Trinajstić information content (AvgIpc) is 2.86. The number of carboxylic acid groups (broad SMARTS) is 1. The predicted octanol–water partition coefficient (Wildman–Crippen LogP) is 7.10. The van der Waals surface area contributed by atoms with Gasteiger partial charge in [0.15, 0.2) is 0 Å². The van der Waals surface area contributed by atoms with Crippen molar-refractivity contribution < 1.29 is 24.5 Å². The van der Waals surface area contributed by atoms with Crippen LogP contribution < -0.4 is 9.47 Å². The topological polar surface area (TPSA) is 76.0 Å². The highest BCUT2D eigenvalue weighted by Gasteiger charge is 2.49. The molecule has 0 saturated heterocycles. The molecule has 0 aliphatic carbocycles. The average molecular weight is 479 g/mol. The quantitative estimate of drug-likeness (QED) is 0.329. The van der Waals surface area contributed by atoms with Crippen LogP contribution in [0.3, 0.4) is 0 Å². The number of carbonyl (C=O) groups is 1. The second kappa shape index (κ2) is 7.97. The lowest BCUT2D eigenvalue weighted by atomic mass is 9.60. The molecule has 0 spiro atoms. The molecule has 3 atom stereocenters. The first kappa shape index (κ1) is 22.4. The van der Waals surface area contributed by atoms with Crippen molar-refractivity contribution in [1.82, 2.24) is 0 Å². The van der Waals surface area contributed by atoms with Gasteiger partial charge in [-0.25, -0.2) is 4.79 Å². The van der Waals surface area contributed by atoms with Crippen molar-refractivity contribution in [2.75, 3.05) is 0 Å². The number of carboxylic acids is 1. The third-order valence-electron chi connectivity index (χ3n) is 7.55. The zero-order chi connectivity index (χ0) is 25.2. The normalized spacial score (nSPS) is 20.1. The Morgan fingerprint density at radius 3 is 2.31 bits per heavy atom. The third-order valence-corrected chi connectivity index (χ3v) is 7.55. The van der Waals surface area contributed by atoms with E-state index in [1.807, 2.05) is 55.5 Å². The van der Waals surface area contributed by atoms with Crippen LogP contribution in [0.2, 0.25) is 0 Å². The van der Waals surface area contributed by atoms with Gasteiger partial charge in [0.1, 0.15) is 23.0 Å². The van der Waals surface area contributed by atoms with Crippen LogP contribution >= 0.6 is 0 Å². The standard InChI is InChI=1S/C31H26O5/c1-17-11-13-25-21(15-17)28(22-16-19(30(33)34)12-14-26(22)35-25)31(3)23-8-4-5-10-27(23)36-29-20(18(2)32)7-6-9-24(29)31/h4-16,18,28,32H,1-3H3,(H,33,34). The van der Waals surface area contributed by atoms with E-state index >= 15 is 0 Å². The fourth-order valence-electron chi connectivity index (χ4n) is 5.85. The van der Waals surface area contributed by atoms with Gasteiger partial charge < -0.3 is 19.7 Å². The van der Waals surface area contributed by atoms with Crippen LogP contribution in [0.1, 0.15) is 69.6 Å². The maximum absolute atomic E-state index is 12.0. The van der Waals surface area contributed by atoms with Crippen molar-refractivity contribution in [2.24, 2.45) is 0 Å². The smallest absolute Gasteiger partial charge is 0.335 e. The summed E-state index contributed by atoms with van der Waals surface area (Å²) in [6, 6.07) is 25.0. The molecule has 4 aromatic carbocycles. The Bertz CT molecular complexity index is 1540. The van der Waals surface area contributed by atoms with Crippen LogP contribution in [0.5, 0.6) is 23.0 Å². The summed E-state index contributed by atoms with van der Waals surface area (Å²) >= 11 is 0. The Kier molecular flexibility index (Phi) is 4.95. The van der Waals surface area contributed by atoms with E-state index in [1.54, 1.807) is 25.1 Å². The molecule has 0 aromatic heterocycles. The highest BCUT2D eigenvalue weighted by molar-refractivity contribution is 5.88. The van der Waals surface area contributed by atoms with Crippen LogP contribution in [0, 0.1) is 6.92 Å². The van der Waals surface area contributed by atoms with Crippen LogP contribution in [-0.4, -0.2) is 16.2 Å². The molecule has 0 bridgehead atoms. The van der Waals surface area contributed by atoms with Crippen molar-refractivity contribution in [3.05, 3.63) is 118 Å². The van der Waals surface area contributed by atoms with E-state index in [9.17, 15) is 15.0 Å². The number of aromatic carboxylic acids is 1. The van der Waals surface area contributed by atoms with Gasteiger partial charge in [0.2, 0.25) is 0 Å². The second-order valence-electron chi connectivity index (χ2n) is 9.83. The van der Waals surface area contributed by atoms with E-state index in [0.29, 0.717) is 17.1 Å². The molecule has 36 heavy (non-hydrogen) atoms. The van der Waals surface area contributed by atoms with Crippen molar-refractivity contribution in [2.45, 2.75) is 38.2 Å². The van der Waals surface area contributed by atoms with E-state index in [4.69, 9.17) is 9.47 Å². The Morgan fingerprint density at radius 2 is 1.56 bits per heavy atom. The van der Waals surface area contributed by atoms with Gasteiger partial charge in [-0.3, -0.25) is 0 Å². The largest absolute Gasteiger partial charge is 0.478 e. The molecule has 0 saturated carbocycles. The molecule has 3 unspecified atom stereocenters. The van der Waals surface area contributed by atoms with Gasteiger partial charge in [0.05, 0.1) is 11.7 Å². The first-order valence-electron chi connectivity index (χ1n) is 12.0. The zero-order valence-electron chi connectivity index (χ0n) is 20.3. The lowest BCUT2D eigenvalue weighted by Crippen LogP contribution is -2.37. The molecule has 2 aliphatic heterocycles. The molecule has 180 valence electrons. The molecule has 4 aromatic rings. The summed E-state index contributed by atoms with van der Waals surface area (Å²) in [6.07, 6.45) is -0.718. The van der Waals surface area contributed by atoms with Gasteiger partial charge in [-0.05, 0) is 44.2 Å². The Hall–Kier alpha value is -4.09. The number of para-hydroxylation sites is 2.